The summed E-state index contributed by atoms with van der Waals surface area (Å²) in [6.45, 7) is 0. The molecule has 2 aromatic rings. The molecule has 0 fully saturated rings. The average Bonchev–Trinajstić information content (AvgIpc) is 2.46. The van der Waals surface area contributed by atoms with E-state index in [2.05, 4.69) is 0 Å². The Balaban J connectivity index is 2.25. The van der Waals surface area contributed by atoms with E-state index in [1.165, 1.54) is 24.3 Å². The average molecular weight is 295 g/mol. The van der Waals surface area contributed by atoms with Gasteiger partial charge < -0.3 is 0 Å². The van der Waals surface area contributed by atoms with Crippen LogP contribution in [0.15, 0.2) is 53.4 Å². The Labute approximate surface area is 120 Å². The lowest BCUT2D eigenvalue weighted by molar-refractivity contribution is 0.0987. The van der Waals surface area contributed by atoms with Crippen molar-refractivity contribution in [3.05, 3.63) is 65.5 Å². The lowest BCUT2D eigenvalue weighted by atomic mass is 10.0. The molecule has 0 bridgehead atoms. The molecule has 0 spiro atoms. The van der Waals surface area contributed by atoms with Gasteiger partial charge in [0.25, 0.3) is 0 Å². The maximum absolute atomic E-state index is 12.8. The molecular weight excluding hydrogens is 283 g/mol. The van der Waals surface area contributed by atoms with Gasteiger partial charge in [0.1, 0.15) is 11.2 Å². The molecule has 0 aliphatic rings. The van der Waals surface area contributed by atoms with Crippen molar-refractivity contribution in [2.24, 2.45) is 0 Å². The second kappa shape index (κ2) is 6.22. The van der Waals surface area contributed by atoms with Gasteiger partial charge in [-0.15, -0.1) is 23.4 Å². The summed E-state index contributed by atoms with van der Waals surface area (Å²) in [5.41, 5.74) is 1.17. The van der Waals surface area contributed by atoms with Gasteiger partial charge in [-0.25, -0.2) is 4.39 Å². The molecule has 0 heterocycles. The van der Waals surface area contributed by atoms with E-state index in [1.807, 2.05) is 30.5 Å². The first kappa shape index (κ1) is 14.1. The van der Waals surface area contributed by atoms with Gasteiger partial charge in [0, 0.05) is 10.5 Å². The molecule has 1 unspecified atom stereocenters. The number of carbonyl (C=O) groups excluding carboxylic acids is 1. The van der Waals surface area contributed by atoms with Gasteiger partial charge in [-0.1, -0.05) is 12.1 Å². The summed E-state index contributed by atoms with van der Waals surface area (Å²) in [6, 6.07) is 13.0. The van der Waals surface area contributed by atoms with Gasteiger partial charge in [-0.05, 0) is 48.2 Å². The van der Waals surface area contributed by atoms with Crippen molar-refractivity contribution >= 4 is 29.1 Å². The molecule has 4 heteroatoms. The predicted octanol–water partition coefficient (Wildman–Crippen LogP) is 4.71. The molecule has 0 radical (unpaired) electrons. The first-order valence-corrected chi connectivity index (χ1v) is 7.35. The van der Waals surface area contributed by atoms with Crippen LogP contribution in [0.25, 0.3) is 0 Å². The van der Waals surface area contributed by atoms with Crippen LogP contribution in [0.4, 0.5) is 4.39 Å². The van der Waals surface area contributed by atoms with E-state index in [0.717, 1.165) is 10.5 Å². The number of halogens is 2. The van der Waals surface area contributed by atoms with E-state index >= 15 is 0 Å². The number of carbonyl (C=O) groups is 1. The predicted molar refractivity (Wildman–Crippen MR) is 77.5 cm³/mol. The zero-order valence-electron chi connectivity index (χ0n) is 10.3. The van der Waals surface area contributed by atoms with Crippen molar-refractivity contribution in [2.75, 3.05) is 6.26 Å². The van der Waals surface area contributed by atoms with Crippen molar-refractivity contribution < 1.29 is 9.18 Å². The third kappa shape index (κ3) is 3.37. The highest BCUT2D eigenvalue weighted by Gasteiger charge is 2.19. The minimum absolute atomic E-state index is 0.222. The third-order valence-electron chi connectivity index (χ3n) is 2.75. The van der Waals surface area contributed by atoms with Crippen LogP contribution in [0, 0.1) is 5.82 Å². The lowest BCUT2D eigenvalue weighted by Gasteiger charge is -2.10. The van der Waals surface area contributed by atoms with Gasteiger partial charge in [0.05, 0.1) is 0 Å². The van der Waals surface area contributed by atoms with Gasteiger partial charge >= 0.3 is 0 Å². The Morgan fingerprint density at radius 3 is 2.53 bits per heavy atom. The molecule has 1 atom stereocenters. The molecule has 0 saturated heterocycles. The van der Waals surface area contributed by atoms with E-state index in [4.69, 9.17) is 11.6 Å². The SMILES string of the molecule is CSc1cccc(C(Cl)C(=O)c2ccc(F)cc2)c1. The first-order chi connectivity index (χ1) is 9.11. The Bertz CT molecular complexity index is 583. The van der Waals surface area contributed by atoms with E-state index in [9.17, 15) is 9.18 Å². The monoisotopic (exact) mass is 294 g/mol. The number of rotatable bonds is 4. The second-order valence-electron chi connectivity index (χ2n) is 4.01. The van der Waals surface area contributed by atoms with Crippen LogP contribution < -0.4 is 0 Å². The number of ketones is 1. The number of thioether (sulfide) groups is 1. The molecule has 98 valence electrons. The first-order valence-electron chi connectivity index (χ1n) is 5.69. The summed E-state index contributed by atoms with van der Waals surface area (Å²) in [6.07, 6.45) is 1.96. The van der Waals surface area contributed by atoms with Crippen molar-refractivity contribution in [1.29, 1.82) is 0 Å². The quantitative estimate of drug-likeness (QED) is 0.461. The van der Waals surface area contributed by atoms with Crippen LogP contribution in [0.5, 0.6) is 0 Å². The molecule has 0 aliphatic carbocycles. The maximum Gasteiger partial charge on any atom is 0.185 e. The fourth-order valence-corrected chi connectivity index (χ4v) is 2.44. The standard InChI is InChI=1S/C15H12ClFOS/c1-19-13-4-2-3-11(9-13)14(16)15(18)10-5-7-12(17)8-6-10/h2-9,14H,1H3. The van der Waals surface area contributed by atoms with Gasteiger partial charge in [0.15, 0.2) is 5.78 Å². The minimum Gasteiger partial charge on any atom is -0.292 e. The summed E-state index contributed by atoms with van der Waals surface area (Å²) in [7, 11) is 0. The van der Waals surface area contributed by atoms with Gasteiger partial charge in [-0.3, -0.25) is 4.79 Å². The molecule has 0 amide bonds. The fourth-order valence-electron chi connectivity index (χ4n) is 1.71. The van der Waals surface area contributed by atoms with Crippen LogP contribution in [-0.2, 0) is 0 Å². The van der Waals surface area contributed by atoms with E-state index in [1.54, 1.807) is 11.8 Å². The summed E-state index contributed by atoms with van der Waals surface area (Å²) in [4.78, 5) is 13.2. The molecule has 2 rings (SSSR count). The van der Waals surface area contributed by atoms with Crippen LogP contribution in [0.3, 0.4) is 0 Å². The molecule has 0 N–H and O–H groups in total. The summed E-state index contributed by atoms with van der Waals surface area (Å²) < 4.78 is 12.8. The highest BCUT2D eigenvalue weighted by atomic mass is 35.5. The Kier molecular flexibility index (Phi) is 4.61. The van der Waals surface area contributed by atoms with Crippen molar-refractivity contribution in [3.63, 3.8) is 0 Å². The Morgan fingerprint density at radius 2 is 1.89 bits per heavy atom. The third-order valence-corrected chi connectivity index (χ3v) is 3.92. The molecule has 0 saturated carbocycles. The molecular formula is C15H12ClFOS. The maximum atomic E-state index is 12.8. The van der Waals surface area contributed by atoms with Crippen molar-refractivity contribution in [3.8, 4) is 0 Å². The van der Waals surface area contributed by atoms with Crippen LogP contribution >= 0.6 is 23.4 Å². The Morgan fingerprint density at radius 1 is 1.21 bits per heavy atom. The lowest BCUT2D eigenvalue weighted by Crippen LogP contribution is -2.07. The fraction of sp³-hybridized carbons (Fsp3) is 0.133. The molecule has 2 aromatic carbocycles. The number of alkyl halides is 1. The molecule has 19 heavy (non-hydrogen) atoms. The van der Waals surface area contributed by atoms with Crippen LogP contribution in [0.1, 0.15) is 21.3 Å². The zero-order chi connectivity index (χ0) is 13.8. The highest BCUT2D eigenvalue weighted by Crippen LogP contribution is 2.28. The number of hydrogen-bond acceptors (Lipinski definition) is 2. The summed E-state index contributed by atoms with van der Waals surface area (Å²) >= 11 is 7.80. The second-order valence-corrected chi connectivity index (χ2v) is 5.33. The normalized spacial score (nSPS) is 12.2. The zero-order valence-corrected chi connectivity index (χ0v) is 11.8. The largest absolute Gasteiger partial charge is 0.292 e. The van der Waals surface area contributed by atoms with E-state index in [0.29, 0.717) is 5.56 Å². The van der Waals surface area contributed by atoms with E-state index < -0.39 is 5.38 Å². The molecule has 0 aromatic heterocycles. The topological polar surface area (TPSA) is 17.1 Å². The number of benzene rings is 2. The molecule has 0 aliphatic heterocycles. The van der Waals surface area contributed by atoms with Gasteiger partial charge in [0.2, 0.25) is 0 Å². The van der Waals surface area contributed by atoms with E-state index in [-0.39, 0.29) is 11.6 Å². The summed E-state index contributed by atoms with van der Waals surface area (Å²) in [5.74, 6) is -0.591. The molecule has 1 nitrogen and oxygen atoms in total. The van der Waals surface area contributed by atoms with Crippen LogP contribution in [0.2, 0.25) is 0 Å². The van der Waals surface area contributed by atoms with Crippen molar-refractivity contribution in [2.45, 2.75) is 10.3 Å². The minimum atomic E-state index is -0.752. The number of hydrogen-bond donors (Lipinski definition) is 0. The summed E-state index contributed by atoms with van der Waals surface area (Å²) in [5, 5.41) is -0.752. The number of Topliss-reactive ketones (excluding diaryl/α,β-unsaturated/α-hetero) is 1. The Hall–Kier alpha value is -1.32. The highest BCUT2D eigenvalue weighted by molar-refractivity contribution is 7.98. The van der Waals surface area contributed by atoms with Gasteiger partial charge in [-0.2, -0.15) is 0 Å². The van der Waals surface area contributed by atoms with Crippen LogP contribution in [-0.4, -0.2) is 12.0 Å². The smallest absolute Gasteiger partial charge is 0.185 e. The van der Waals surface area contributed by atoms with Crippen molar-refractivity contribution in [1.82, 2.24) is 0 Å².